The molecule has 8 aliphatic rings. The lowest BCUT2D eigenvalue weighted by Crippen LogP contribution is -2.66. The minimum Gasteiger partial charge on any atom is -0.453 e. The van der Waals surface area contributed by atoms with Crippen molar-refractivity contribution >= 4 is 220 Å². The van der Waals surface area contributed by atoms with Gasteiger partial charge in [0, 0.05) is 73.3 Å². The molecule has 17 rings (SSSR count). The summed E-state index contributed by atoms with van der Waals surface area (Å²) in [6, 6.07) is 55.0. The van der Waals surface area contributed by atoms with E-state index in [2.05, 4.69) is 211 Å². The van der Waals surface area contributed by atoms with Crippen molar-refractivity contribution in [3.63, 3.8) is 0 Å². The van der Waals surface area contributed by atoms with E-state index in [0.29, 0.717) is 0 Å². The molecule has 9 aromatic rings. The maximum Gasteiger partial charge on any atom is 0.252 e. The fraction of sp³-hybridized carbons (Fsp3) is 0.100. The van der Waals surface area contributed by atoms with E-state index in [0.717, 1.165) is 57.1 Å². The molecule has 370 valence electrons. The smallest absolute Gasteiger partial charge is 0.252 e. The highest BCUT2D eigenvalue weighted by atomic mass is 32.2. The van der Waals surface area contributed by atoms with Crippen LogP contribution in [0, 0.1) is 0 Å². The number of fused-ring (bicyclic) bond motifs is 16. The molecular weight excluding hydrogens is 1060 g/mol. The quantitative estimate of drug-likeness (QED) is 0.0977. The van der Waals surface area contributed by atoms with Crippen LogP contribution in [0.3, 0.4) is 0 Å². The van der Waals surface area contributed by atoms with Crippen LogP contribution in [0.15, 0.2) is 160 Å². The van der Waals surface area contributed by atoms with Crippen LogP contribution < -0.4 is 86.7 Å². The minimum absolute atomic E-state index is 0.0488. The summed E-state index contributed by atoms with van der Waals surface area (Å²) < 4.78 is 21.2. The minimum atomic E-state index is -0.0783. The van der Waals surface area contributed by atoms with E-state index in [9.17, 15) is 0 Å². The lowest BCUT2D eigenvalue weighted by Gasteiger charge is -2.47. The van der Waals surface area contributed by atoms with Gasteiger partial charge in [0.05, 0.1) is 39.8 Å². The van der Waals surface area contributed by atoms with Gasteiger partial charge in [-0.2, -0.15) is 0 Å². The lowest BCUT2D eigenvalue weighted by molar-refractivity contribution is 0.477. The van der Waals surface area contributed by atoms with E-state index in [1.54, 1.807) is 59.4 Å². The summed E-state index contributed by atoms with van der Waals surface area (Å²) in [4.78, 5) is 8.64. The first kappa shape index (κ1) is 45.7. The van der Waals surface area contributed by atoms with Crippen LogP contribution in [0.2, 0.25) is 0 Å². The Hall–Kier alpha value is -6.33. The van der Waals surface area contributed by atoms with Crippen LogP contribution >= 0.6 is 71.1 Å². The van der Waals surface area contributed by atoms with Crippen LogP contribution in [0.5, 0.6) is 23.0 Å². The molecule has 0 saturated carbocycles. The standard InChI is InChI=1S/C60H43B3N6O2S6/c1-72-31-21-41-56-47(22-31)65-42-15-7-9-17-52(42)70-54-19-11-13-34(59(54)65)61(56)36-27-37-44(29-40(36)64-41)67(75-4)50-25-33(74-3)26-51-58(50)63(37)39-28-38-45(30-46(39)69(51)77-6)68(76-5)49-24-32(73-2)23-48-57(49)62(38)35-14-12-20-55-60(35)66(48)43-16-8-10-18-53(43)71-55/h7-30,64H,1-6H3. The molecule has 77 heavy (non-hydrogen) atoms. The number of rotatable bonds is 6. The maximum atomic E-state index is 6.83. The van der Waals surface area contributed by atoms with E-state index in [4.69, 9.17) is 9.47 Å². The third-order valence-electron chi connectivity index (χ3n) is 16.9. The van der Waals surface area contributed by atoms with Gasteiger partial charge in [-0.15, -0.1) is 35.3 Å². The SMILES string of the molecule is CSc1cc2c3c(c1)N(SC)c1cc4c(cc1B3c1cc3c(cc1N2SC)Nc1cc(SC)cc2c1B3c1cccc3c1N2c1ccccc1O3)B1c2cccc3c2N(c2ccccc2O3)c2cc(SC)cc(c21)N4SC. The Kier molecular flexibility index (Phi) is 9.85. The predicted octanol–water partition coefficient (Wildman–Crippen LogP) is 11.4. The molecule has 8 heterocycles. The summed E-state index contributed by atoms with van der Waals surface area (Å²) in [7, 11) is 0. The molecule has 0 saturated heterocycles. The van der Waals surface area contributed by atoms with Crippen molar-refractivity contribution in [2.45, 2.75) is 14.7 Å². The predicted molar refractivity (Wildman–Crippen MR) is 341 cm³/mol. The van der Waals surface area contributed by atoms with Gasteiger partial charge in [0.25, 0.3) is 20.1 Å². The molecule has 0 fully saturated rings. The molecule has 8 aliphatic heterocycles. The molecule has 8 nitrogen and oxygen atoms in total. The molecular formula is C60H43B3N6O2S6. The molecule has 0 aliphatic carbocycles. The van der Waals surface area contributed by atoms with Crippen LogP contribution in [0.4, 0.5) is 79.6 Å². The van der Waals surface area contributed by atoms with E-state index in [1.807, 2.05) is 11.8 Å². The summed E-state index contributed by atoms with van der Waals surface area (Å²) in [5, 5.41) is 4.10. The zero-order valence-electron chi connectivity index (χ0n) is 42.6. The van der Waals surface area contributed by atoms with Gasteiger partial charge in [-0.3, -0.25) is 12.9 Å². The Morgan fingerprint density at radius 2 is 0.753 bits per heavy atom. The van der Waals surface area contributed by atoms with Gasteiger partial charge in [-0.05, 0) is 189 Å². The number of thioether (sulfide) groups is 3. The summed E-state index contributed by atoms with van der Waals surface area (Å²) in [6.07, 6.45) is 13.3. The largest absolute Gasteiger partial charge is 0.453 e. The molecule has 0 spiro atoms. The number of hydrogen-bond donors (Lipinski definition) is 1. The first-order valence-electron chi connectivity index (χ1n) is 25.6. The fourth-order valence-corrected chi connectivity index (χ4v) is 17.5. The van der Waals surface area contributed by atoms with Crippen LogP contribution in [0.25, 0.3) is 0 Å². The third kappa shape index (κ3) is 5.95. The monoisotopic (exact) mass is 1100 g/mol. The Labute approximate surface area is 474 Å². The van der Waals surface area contributed by atoms with Gasteiger partial charge in [0.15, 0.2) is 23.0 Å². The third-order valence-corrected chi connectivity index (χ3v) is 21.3. The molecule has 17 heteroatoms. The summed E-state index contributed by atoms with van der Waals surface area (Å²) in [5.41, 5.74) is 28.2. The van der Waals surface area contributed by atoms with Gasteiger partial charge in [0.2, 0.25) is 0 Å². The van der Waals surface area contributed by atoms with Crippen molar-refractivity contribution in [1.29, 1.82) is 0 Å². The Morgan fingerprint density at radius 3 is 1.27 bits per heavy atom. The number of hydrogen-bond acceptors (Lipinski definition) is 14. The normalized spacial score (nSPS) is 15.0. The second-order valence-corrected chi connectivity index (χ2v) is 25.1. The zero-order chi connectivity index (χ0) is 51.3. The summed E-state index contributed by atoms with van der Waals surface area (Å²) in [5.74, 6) is 3.51. The Balaban J connectivity index is 0.932. The van der Waals surface area contributed by atoms with E-state index >= 15 is 0 Å². The van der Waals surface area contributed by atoms with E-state index < -0.39 is 0 Å². The van der Waals surface area contributed by atoms with Gasteiger partial charge < -0.3 is 24.6 Å². The Morgan fingerprint density at radius 1 is 0.338 bits per heavy atom. The van der Waals surface area contributed by atoms with Crippen molar-refractivity contribution in [3.8, 4) is 23.0 Å². The van der Waals surface area contributed by atoms with E-state index in [-0.39, 0.29) is 20.1 Å². The Bertz CT molecular complexity index is 4190. The number of nitrogens with one attached hydrogen (secondary N) is 1. The van der Waals surface area contributed by atoms with Crippen LogP contribution in [0.1, 0.15) is 0 Å². The van der Waals surface area contributed by atoms with Crippen molar-refractivity contribution < 1.29 is 9.47 Å². The molecule has 0 amide bonds. The topological polar surface area (TPSA) is 46.7 Å². The molecule has 0 aromatic heterocycles. The number of anilines is 14. The van der Waals surface area contributed by atoms with Crippen molar-refractivity contribution in [1.82, 2.24) is 0 Å². The van der Waals surface area contributed by atoms with Crippen molar-refractivity contribution in [2.75, 3.05) is 65.6 Å². The van der Waals surface area contributed by atoms with Crippen molar-refractivity contribution in [2.24, 2.45) is 0 Å². The van der Waals surface area contributed by atoms with Gasteiger partial charge >= 0.3 is 0 Å². The van der Waals surface area contributed by atoms with Gasteiger partial charge in [-0.1, -0.05) is 60.7 Å². The highest BCUT2D eigenvalue weighted by Crippen LogP contribution is 2.56. The summed E-state index contributed by atoms with van der Waals surface area (Å²) >= 11 is 10.8. The number of ether oxygens (including phenoxy) is 2. The van der Waals surface area contributed by atoms with Gasteiger partial charge in [-0.25, -0.2) is 0 Å². The number of para-hydroxylation sites is 6. The average Bonchev–Trinajstić information content (AvgIpc) is 3.62. The molecule has 0 radical (unpaired) electrons. The maximum absolute atomic E-state index is 6.83. The molecule has 9 aromatic carbocycles. The highest BCUT2D eigenvalue weighted by Gasteiger charge is 2.51. The lowest BCUT2D eigenvalue weighted by atomic mass is 9.29. The summed E-state index contributed by atoms with van der Waals surface area (Å²) in [6.45, 7) is -0.179. The first-order valence-corrected chi connectivity index (χ1v) is 32.8. The first-order chi connectivity index (χ1) is 37.9. The number of benzene rings is 9. The zero-order valence-corrected chi connectivity index (χ0v) is 47.5. The average molecular weight is 1100 g/mol. The number of nitrogens with zero attached hydrogens (tertiary/aromatic N) is 5. The highest BCUT2D eigenvalue weighted by molar-refractivity contribution is 8.01. The molecule has 0 bridgehead atoms. The van der Waals surface area contributed by atoms with Crippen molar-refractivity contribution in [3.05, 3.63) is 146 Å². The molecule has 0 unspecified atom stereocenters. The van der Waals surface area contributed by atoms with Gasteiger partial charge in [0.1, 0.15) is 0 Å². The van der Waals surface area contributed by atoms with Crippen LogP contribution in [-0.4, -0.2) is 57.7 Å². The molecule has 0 atom stereocenters. The second kappa shape index (κ2) is 16.6. The molecule has 1 N–H and O–H groups in total. The fourth-order valence-electron chi connectivity index (χ4n) is 14.0. The van der Waals surface area contributed by atoms with Crippen LogP contribution in [-0.2, 0) is 0 Å². The van der Waals surface area contributed by atoms with E-state index in [1.165, 1.54) is 109 Å². The second-order valence-electron chi connectivity index (χ2n) is 20.3.